The Balaban J connectivity index is 4.28. The number of hydrogen-bond acceptors (Lipinski definition) is 3. The second-order valence-electron chi connectivity index (χ2n) is 2.49. The molecular weight excluding hydrogens is 142 g/mol. The SMILES string of the molecule is CC(=N)NC(=O)C(N)=C(C)C. The molecule has 4 nitrogen and oxygen atoms in total. The molecule has 1 amide bonds. The molecule has 0 fully saturated rings. The molecule has 4 heteroatoms. The molecule has 0 aromatic rings. The average molecular weight is 155 g/mol. The number of nitrogens with two attached hydrogens (primary N) is 1. The summed E-state index contributed by atoms with van der Waals surface area (Å²) in [5.74, 6) is -0.309. The van der Waals surface area contributed by atoms with Gasteiger partial charge in [-0.1, -0.05) is 0 Å². The Hall–Kier alpha value is -1.32. The zero-order valence-corrected chi connectivity index (χ0v) is 6.99. The summed E-state index contributed by atoms with van der Waals surface area (Å²) in [4.78, 5) is 11.0. The molecule has 0 atom stereocenters. The summed E-state index contributed by atoms with van der Waals surface area (Å²) in [7, 11) is 0. The van der Waals surface area contributed by atoms with Crippen LogP contribution in [0.25, 0.3) is 0 Å². The first kappa shape index (κ1) is 9.68. The van der Waals surface area contributed by atoms with E-state index in [9.17, 15) is 4.79 Å². The van der Waals surface area contributed by atoms with E-state index in [2.05, 4.69) is 5.32 Å². The molecule has 0 aliphatic carbocycles. The summed E-state index contributed by atoms with van der Waals surface area (Å²) in [6.07, 6.45) is 0. The number of amides is 1. The van der Waals surface area contributed by atoms with Crippen molar-refractivity contribution < 1.29 is 4.79 Å². The Morgan fingerprint density at radius 2 is 1.82 bits per heavy atom. The molecule has 0 saturated carbocycles. The van der Waals surface area contributed by atoms with Gasteiger partial charge in [0.15, 0.2) is 0 Å². The predicted octanol–water partition coefficient (Wildman–Crippen LogP) is 0.352. The molecule has 0 radical (unpaired) electrons. The van der Waals surface area contributed by atoms with Crippen molar-refractivity contribution in [2.75, 3.05) is 0 Å². The molecule has 0 bridgehead atoms. The molecular formula is C7H13N3O. The second kappa shape index (κ2) is 3.75. The molecule has 0 aromatic carbocycles. The predicted molar refractivity (Wildman–Crippen MR) is 44.1 cm³/mol. The van der Waals surface area contributed by atoms with Crippen LogP contribution >= 0.6 is 0 Å². The lowest BCUT2D eigenvalue weighted by Crippen LogP contribution is -2.32. The first-order chi connectivity index (χ1) is 4.95. The third-order valence-corrected chi connectivity index (χ3v) is 1.08. The van der Waals surface area contributed by atoms with Crippen molar-refractivity contribution in [3.8, 4) is 0 Å². The lowest BCUT2D eigenvalue weighted by atomic mass is 10.2. The fraction of sp³-hybridized carbons (Fsp3) is 0.429. The standard InChI is InChI=1S/C7H13N3O/c1-4(2)6(9)7(11)10-5(3)8/h9H2,1-3H3,(H2,8,10,11). The minimum atomic E-state index is -0.405. The minimum Gasteiger partial charge on any atom is -0.394 e. The fourth-order valence-electron chi connectivity index (χ4n) is 0.465. The molecule has 0 aliphatic heterocycles. The van der Waals surface area contributed by atoms with Crippen molar-refractivity contribution in [2.45, 2.75) is 20.8 Å². The van der Waals surface area contributed by atoms with Gasteiger partial charge in [0, 0.05) is 0 Å². The Bertz CT molecular complexity index is 214. The van der Waals surface area contributed by atoms with Crippen molar-refractivity contribution in [3.05, 3.63) is 11.3 Å². The molecule has 0 aliphatic rings. The van der Waals surface area contributed by atoms with Crippen LogP contribution in [-0.4, -0.2) is 11.7 Å². The van der Waals surface area contributed by atoms with Crippen molar-refractivity contribution in [2.24, 2.45) is 5.73 Å². The maximum Gasteiger partial charge on any atom is 0.272 e. The highest BCUT2D eigenvalue weighted by atomic mass is 16.2. The van der Waals surface area contributed by atoms with E-state index >= 15 is 0 Å². The van der Waals surface area contributed by atoms with Gasteiger partial charge < -0.3 is 11.1 Å². The van der Waals surface area contributed by atoms with Crippen molar-refractivity contribution in [1.82, 2.24) is 5.32 Å². The van der Waals surface area contributed by atoms with E-state index in [1.165, 1.54) is 6.92 Å². The third kappa shape index (κ3) is 3.40. The summed E-state index contributed by atoms with van der Waals surface area (Å²) in [6.45, 7) is 4.97. The molecule has 0 aromatic heterocycles. The van der Waals surface area contributed by atoms with Gasteiger partial charge in [0.1, 0.15) is 0 Å². The van der Waals surface area contributed by atoms with Crippen molar-refractivity contribution in [3.63, 3.8) is 0 Å². The lowest BCUT2D eigenvalue weighted by Gasteiger charge is -2.03. The Kier molecular flexibility index (Phi) is 3.30. The van der Waals surface area contributed by atoms with Crippen LogP contribution in [0.15, 0.2) is 11.3 Å². The number of nitrogens with one attached hydrogen (secondary N) is 2. The van der Waals surface area contributed by atoms with Crippen LogP contribution in [0.4, 0.5) is 0 Å². The normalized spacial score (nSPS) is 8.64. The molecule has 62 valence electrons. The van der Waals surface area contributed by atoms with E-state index in [-0.39, 0.29) is 11.5 Å². The quantitative estimate of drug-likeness (QED) is 0.290. The summed E-state index contributed by atoms with van der Waals surface area (Å²) in [5, 5.41) is 9.23. The van der Waals surface area contributed by atoms with E-state index < -0.39 is 5.91 Å². The first-order valence-corrected chi connectivity index (χ1v) is 3.24. The largest absolute Gasteiger partial charge is 0.394 e. The van der Waals surface area contributed by atoms with E-state index in [1.807, 2.05) is 0 Å². The third-order valence-electron chi connectivity index (χ3n) is 1.08. The Morgan fingerprint density at radius 1 is 1.36 bits per heavy atom. The number of carbonyl (C=O) groups excluding carboxylic acids is 1. The van der Waals surface area contributed by atoms with Crippen LogP contribution in [0.2, 0.25) is 0 Å². The smallest absolute Gasteiger partial charge is 0.272 e. The monoisotopic (exact) mass is 155 g/mol. The summed E-state index contributed by atoms with van der Waals surface area (Å²) < 4.78 is 0. The molecule has 0 unspecified atom stereocenters. The van der Waals surface area contributed by atoms with Crippen molar-refractivity contribution in [1.29, 1.82) is 5.41 Å². The summed E-state index contributed by atoms with van der Waals surface area (Å²) in [6, 6.07) is 0. The maximum absolute atomic E-state index is 11.0. The van der Waals surface area contributed by atoms with Crippen LogP contribution in [0.3, 0.4) is 0 Å². The molecule has 0 spiro atoms. The van der Waals surface area contributed by atoms with Gasteiger partial charge in [0.2, 0.25) is 0 Å². The van der Waals surface area contributed by atoms with Gasteiger partial charge in [-0.15, -0.1) is 0 Å². The molecule has 0 saturated heterocycles. The highest BCUT2D eigenvalue weighted by molar-refractivity contribution is 6.04. The van der Waals surface area contributed by atoms with E-state index in [1.54, 1.807) is 13.8 Å². The zero-order valence-electron chi connectivity index (χ0n) is 6.99. The van der Waals surface area contributed by atoms with Gasteiger partial charge in [0.05, 0.1) is 11.5 Å². The van der Waals surface area contributed by atoms with Gasteiger partial charge in [-0.25, -0.2) is 0 Å². The van der Waals surface area contributed by atoms with Crippen LogP contribution in [0, 0.1) is 5.41 Å². The number of rotatable bonds is 1. The Morgan fingerprint density at radius 3 is 2.09 bits per heavy atom. The minimum absolute atomic E-state index is 0.0965. The van der Waals surface area contributed by atoms with Crippen LogP contribution in [0.1, 0.15) is 20.8 Å². The van der Waals surface area contributed by atoms with E-state index in [0.29, 0.717) is 0 Å². The molecule has 0 rings (SSSR count). The highest BCUT2D eigenvalue weighted by Crippen LogP contribution is 1.94. The highest BCUT2D eigenvalue weighted by Gasteiger charge is 2.05. The van der Waals surface area contributed by atoms with Crippen molar-refractivity contribution >= 4 is 11.7 Å². The molecule has 0 heterocycles. The maximum atomic E-state index is 11.0. The molecule has 4 N–H and O–H groups in total. The van der Waals surface area contributed by atoms with Gasteiger partial charge in [-0.3, -0.25) is 10.2 Å². The first-order valence-electron chi connectivity index (χ1n) is 3.24. The lowest BCUT2D eigenvalue weighted by molar-refractivity contribution is -0.116. The number of carbonyl (C=O) groups is 1. The van der Waals surface area contributed by atoms with Gasteiger partial charge in [0.25, 0.3) is 5.91 Å². The number of amidine groups is 1. The summed E-state index contributed by atoms with van der Waals surface area (Å²) in [5.41, 5.74) is 6.31. The van der Waals surface area contributed by atoms with Gasteiger partial charge in [-0.2, -0.15) is 0 Å². The summed E-state index contributed by atoms with van der Waals surface area (Å²) >= 11 is 0. The Labute approximate surface area is 66.0 Å². The number of hydrogen-bond donors (Lipinski definition) is 3. The van der Waals surface area contributed by atoms with Gasteiger partial charge >= 0.3 is 0 Å². The van der Waals surface area contributed by atoms with Crippen LogP contribution in [0.5, 0.6) is 0 Å². The van der Waals surface area contributed by atoms with Crippen LogP contribution < -0.4 is 11.1 Å². The van der Waals surface area contributed by atoms with Gasteiger partial charge in [-0.05, 0) is 26.3 Å². The van der Waals surface area contributed by atoms with Crippen LogP contribution in [-0.2, 0) is 4.79 Å². The second-order valence-corrected chi connectivity index (χ2v) is 2.49. The zero-order chi connectivity index (χ0) is 9.02. The average Bonchev–Trinajstić information content (AvgIpc) is 1.84. The van der Waals surface area contributed by atoms with E-state index in [0.717, 1.165) is 5.57 Å². The topological polar surface area (TPSA) is 79.0 Å². The van der Waals surface area contributed by atoms with E-state index in [4.69, 9.17) is 11.1 Å². The fourth-order valence-corrected chi connectivity index (χ4v) is 0.465. The number of allylic oxidation sites excluding steroid dienone is 1. The molecule has 11 heavy (non-hydrogen) atoms.